The Labute approximate surface area is 225 Å². The highest BCUT2D eigenvalue weighted by Crippen LogP contribution is 2.23. The van der Waals surface area contributed by atoms with Crippen LogP contribution in [-0.4, -0.2) is 77.5 Å². The molecule has 3 amide bonds. The highest BCUT2D eigenvalue weighted by Gasteiger charge is 2.35. The van der Waals surface area contributed by atoms with E-state index in [4.69, 9.17) is 4.74 Å². The lowest BCUT2D eigenvalue weighted by Crippen LogP contribution is -2.56. The first kappa shape index (κ1) is 29.6. The van der Waals surface area contributed by atoms with Crippen LogP contribution < -0.4 is 15.5 Å². The predicted octanol–water partition coefficient (Wildman–Crippen LogP) is 2.69. The summed E-state index contributed by atoms with van der Waals surface area (Å²) in [5.74, 6) is -1.44. The lowest BCUT2D eigenvalue weighted by molar-refractivity contribution is -0.144. The fourth-order valence-corrected chi connectivity index (χ4v) is 4.80. The highest BCUT2D eigenvalue weighted by molar-refractivity contribution is 6.05. The summed E-state index contributed by atoms with van der Waals surface area (Å²) >= 11 is 0. The Morgan fingerprint density at radius 3 is 2.42 bits per heavy atom. The van der Waals surface area contributed by atoms with E-state index in [1.54, 1.807) is 29.2 Å². The quantitative estimate of drug-likeness (QED) is 0.294. The third kappa shape index (κ3) is 8.52. The Morgan fingerprint density at radius 1 is 1.11 bits per heavy atom. The van der Waals surface area contributed by atoms with Crippen molar-refractivity contribution < 1.29 is 29.0 Å². The van der Waals surface area contributed by atoms with E-state index in [0.717, 1.165) is 37.4 Å². The predicted molar refractivity (Wildman–Crippen MR) is 142 cm³/mol. The van der Waals surface area contributed by atoms with Gasteiger partial charge in [0.25, 0.3) is 5.91 Å². The number of amides is 3. The van der Waals surface area contributed by atoms with Crippen molar-refractivity contribution in [1.82, 2.24) is 20.7 Å². The molecule has 38 heavy (non-hydrogen) atoms. The van der Waals surface area contributed by atoms with Gasteiger partial charge in [-0.15, -0.1) is 0 Å². The number of rotatable bonds is 11. The molecule has 210 valence electrons. The number of carbonyl (C=O) groups is 4. The van der Waals surface area contributed by atoms with Gasteiger partial charge in [0.05, 0.1) is 12.5 Å². The SMILES string of the molecule is CC(C)COc1ccc(C(=O)N(N[C@H](C)C(=O)O)C(=O)[C@@H]2CCCN(C(=O)CCC3CCNCC3)C2)cc1. The molecule has 3 rings (SSSR count). The number of carboxylic acids is 1. The minimum Gasteiger partial charge on any atom is -0.493 e. The monoisotopic (exact) mass is 530 g/mol. The van der Waals surface area contributed by atoms with Crippen LogP contribution in [0, 0.1) is 17.8 Å². The Balaban J connectivity index is 1.67. The zero-order valence-electron chi connectivity index (χ0n) is 22.8. The van der Waals surface area contributed by atoms with Gasteiger partial charge in [-0.3, -0.25) is 19.2 Å². The number of hydrogen-bond acceptors (Lipinski definition) is 7. The summed E-state index contributed by atoms with van der Waals surface area (Å²) in [4.78, 5) is 53.1. The van der Waals surface area contributed by atoms with E-state index in [9.17, 15) is 24.3 Å². The number of carboxylic acid groups (broad SMARTS) is 1. The first-order valence-electron chi connectivity index (χ1n) is 13.7. The fraction of sp³-hybridized carbons (Fsp3) is 0.643. The highest BCUT2D eigenvalue weighted by atomic mass is 16.5. The maximum absolute atomic E-state index is 13.6. The molecule has 3 N–H and O–H groups in total. The van der Waals surface area contributed by atoms with Crippen molar-refractivity contribution in [1.29, 1.82) is 0 Å². The number of likely N-dealkylation sites (tertiary alicyclic amines) is 1. The van der Waals surface area contributed by atoms with E-state index < -0.39 is 29.7 Å². The van der Waals surface area contributed by atoms with Crippen molar-refractivity contribution in [2.24, 2.45) is 17.8 Å². The van der Waals surface area contributed by atoms with Crippen LogP contribution in [0.1, 0.15) is 69.7 Å². The van der Waals surface area contributed by atoms with Crippen molar-refractivity contribution in [2.45, 2.75) is 65.3 Å². The third-order valence-electron chi connectivity index (χ3n) is 7.15. The molecule has 0 spiro atoms. The minimum atomic E-state index is -1.19. The van der Waals surface area contributed by atoms with Gasteiger partial charge in [0, 0.05) is 25.1 Å². The van der Waals surface area contributed by atoms with E-state index in [2.05, 4.69) is 10.7 Å². The van der Waals surface area contributed by atoms with Crippen molar-refractivity contribution >= 4 is 23.7 Å². The molecule has 0 aliphatic carbocycles. The summed E-state index contributed by atoms with van der Waals surface area (Å²) in [6.45, 7) is 8.74. The molecule has 2 saturated heterocycles. The average Bonchev–Trinajstić information content (AvgIpc) is 2.93. The molecular formula is C28H42N4O6. The number of aliphatic carboxylic acids is 1. The molecule has 1 aromatic rings. The van der Waals surface area contributed by atoms with Gasteiger partial charge in [-0.05, 0) is 88.2 Å². The largest absolute Gasteiger partial charge is 0.493 e. The normalized spacial score (nSPS) is 19.2. The van der Waals surface area contributed by atoms with E-state index in [1.165, 1.54) is 6.92 Å². The summed E-state index contributed by atoms with van der Waals surface area (Å²) < 4.78 is 5.67. The maximum Gasteiger partial charge on any atom is 0.322 e. The van der Waals surface area contributed by atoms with Gasteiger partial charge >= 0.3 is 5.97 Å². The molecular weight excluding hydrogens is 488 g/mol. The summed E-state index contributed by atoms with van der Waals surface area (Å²) in [7, 11) is 0. The van der Waals surface area contributed by atoms with E-state index >= 15 is 0 Å². The number of imide groups is 1. The van der Waals surface area contributed by atoms with Crippen LogP contribution in [0.4, 0.5) is 0 Å². The molecule has 0 unspecified atom stereocenters. The van der Waals surface area contributed by atoms with Gasteiger partial charge in [-0.2, -0.15) is 0 Å². The maximum atomic E-state index is 13.6. The second-order valence-electron chi connectivity index (χ2n) is 10.8. The second kappa shape index (κ2) is 14.2. The zero-order chi connectivity index (χ0) is 27.7. The first-order chi connectivity index (χ1) is 18.2. The van der Waals surface area contributed by atoms with Crippen LogP contribution in [0.25, 0.3) is 0 Å². The number of piperidine rings is 2. The number of nitrogens with one attached hydrogen (secondary N) is 2. The van der Waals surface area contributed by atoms with Gasteiger partial charge in [0.1, 0.15) is 11.8 Å². The van der Waals surface area contributed by atoms with Gasteiger partial charge in [0.2, 0.25) is 11.8 Å². The fourth-order valence-electron chi connectivity index (χ4n) is 4.80. The Bertz CT molecular complexity index is 961. The van der Waals surface area contributed by atoms with Crippen LogP contribution in [0.3, 0.4) is 0 Å². The molecule has 2 atom stereocenters. The number of hydrogen-bond donors (Lipinski definition) is 3. The zero-order valence-corrected chi connectivity index (χ0v) is 22.8. The topological polar surface area (TPSA) is 128 Å². The average molecular weight is 531 g/mol. The van der Waals surface area contributed by atoms with Gasteiger partial charge in [-0.1, -0.05) is 13.8 Å². The van der Waals surface area contributed by atoms with Crippen molar-refractivity contribution in [2.75, 3.05) is 32.8 Å². The third-order valence-corrected chi connectivity index (χ3v) is 7.15. The summed E-state index contributed by atoms with van der Waals surface area (Å²) in [6, 6.07) is 5.26. The number of ether oxygens (including phenoxy) is 1. The molecule has 10 heteroatoms. The van der Waals surface area contributed by atoms with Gasteiger partial charge < -0.3 is 20.1 Å². The molecule has 2 aliphatic rings. The van der Waals surface area contributed by atoms with Crippen LogP contribution in [0.5, 0.6) is 5.75 Å². The van der Waals surface area contributed by atoms with Crippen molar-refractivity contribution in [3.8, 4) is 5.75 Å². The Morgan fingerprint density at radius 2 is 1.79 bits per heavy atom. The van der Waals surface area contributed by atoms with Gasteiger partial charge in [0.15, 0.2) is 0 Å². The summed E-state index contributed by atoms with van der Waals surface area (Å²) in [6.07, 6.45) is 4.61. The summed E-state index contributed by atoms with van der Waals surface area (Å²) in [5.41, 5.74) is 2.80. The number of hydrazine groups is 1. The van der Waals surface area contributed by atoms with E-state index in [1.807, 2.05) is 13.8 Å². The van der Waals surface area contributed by atoms with E-state index in [0.29, 0.717) is 50.0 Å². The second-order valence-corrected chi connectivity index (χ2v) is 10.8. The molecule has 2 heterocycles. The van der Waals surface area contributed by atoms with Crippen LogP contribution in [0.2, 0.25) is 0 Å². The Kier molecular flexibility index (Phi) is 11.1. The number of benzene rings is 1. The molecule has 2 aliphatic heterocycles. The number of carbonyl (C=O) groups excluding carboxylic acids is 3. The molecule has 1 aromatic carbocycles. The lowest BCUT2D eigenvalue weighted by Gasteiger charge is -2.35. The molecule has 10 nitrogen and oxygen atoms in total. The lowest BCUT2D eigenvalue weighted by atomic mass is 9.92. The van der Waals surface area contributed by atoms with Gasteiger partial charge in [-0.25, -0.2) is 10.4 Å². The minimum absolute atomic E-state index is 0.0303. The van der Waals surface area contributed by atoms with Crippen LogP contribution in [0.15, 0.2) is 24.3 Å². The number of nitrogens with zero attached hydrogens (tertiary/aromatic N) is 2. The molecule has 0 saturated carbocycles. The van der Waals surface area contributed by atoms with E-state index in [-0.39, 0.29) is 18.0 Å². The Hall–Kier alpha value is -2.98. The molecule has 0 bridgehead atoms. The summed E-state index contributed by atoms with van der Waals surface area (Å²) in [5, 5.41) is 13.6. The molecule has 2 fully saturated rings. The smallest absolute Gasteiger partial charge is 0.322 e. The van der Waals surface area contributed by atoms with Crippen LogP contribution >= 0.6 is 0 Å². The first-order valence-corrected chi connectivity index (χ1v) is 13.7. The molecule has 0 radical (unpaired) electrons. The van der Waals surface area contributed by atoms with Crippen molar-refractivity contribution in [3.05, 3.63) is 29.8 Å². The molecule has 0 aromatic heterocycles. The standard InChI is InChI=1S/C28H42N4O6/c1-19(2)18-38-24-9-7-22(8-10-24)26(34)32(30-20(3)28(36)37)27(35)23-5-4-16-31(17-23)25(33)11-6-21-12-14-29-15-13-21/h7-10,19-21,23,29-30H,4-6,11-18H2,1-3H3,(H,36,37)/t20-,23-/m1/s1. The van der Waals surface area contributed by atoms with Crippen molar-refractivity contribution in [3.63, 3.8) is 0 Å². The van der Waals surface area contributed by atoms with Crippen LogP contribution in [-0.2, 0) is 14.4 Å².